The van der Waals surface area contributed by atoms with E-state index in [9.17, 15) is 0 Å². The molecule has 0 bridgehead atoms. The van der Waals surface area contributed by atoms with Gasteiger partial charge in [-0.1, -0.05) is 18.5 Å². The Balaban J connectivity index is 3.00. The second-order valence-electron chi connectivity index (χ2n) is 3.90. The lowest BCUT2D eigenvalue weighted by Gasteiger charge is -2.35. The van der Waals surface area contributed by atoms with Gasteiger partial charge < -0.3 is 4.90 Å². The van der Waals surface area contributed by atoms with E-state index in [0.717, 1.165) is 12.2 Å². The van der Waals surface area contributed by atoms with Crippen molar-refractivity contribution in [1.29, 1.82) is 0 Å². The van der Waals surface area contributed by atoms with Gasteiger partial charge in [0, 0.05) is 25.0 Å². The summed E-state index contributed by atoms with van der Waals surface area (Å²) in [5.74, 6) is 0.737. The van der Waals surface area contributed by atoms with Gasteiger partial charge in [-0.2, -0.15) is 0 Å². The third-order valence-electron chi connectivity index (χ3n) is 2.73. The molecular formula is C10H16ClN3. The molecular weight excluding hydrogens is 198 g/mol. The third-order valence-corrected chi connectivity index (χ3v) is 2.99. The van der Waals surface area contributed by atoms with Gasteiger partial charge in [0.2, 0.25) is 0 Å². The summed E-state index contributed by atoms with van der Waals surface area (Å²) >= 11 is 5.97. The van der Waals surface area contributed by atoms with E-state index in [1.165, 1.54) is 0 Å². The van der Waals surface area contributed by atoms with Crippen LogP contribution in [0, 0.1) is 0 Å². The number of hydrogen-bond acceptors (Lipinski definition) is 3. The molecule has 0 aromatic carbocycles. The van der Waals surface area contributed by atoms with Gasteiger partial charge in [0.25, 0.3) is 0 Å². The topological polar surface area (TPSA) is 29.0 Å². The number of hydrogen-bond donors (Lipinski definition) is 0. The smallest absolute Gasteiger partial charge is 0.171 e. The quantitative estimate of drug-likeness (QED) is 0.773. The molecule has 0 saturated carbocycles. The fourth-order valence-corrected chi connectivity index (χ4v) is 1.29. The molecule has 0 saturated heterocycles. The molecule has 0 spiro atoms. The highest BCUT2D eigenvalue weighted by Gasteiger charge is 2.24. The third kappa shape index (κ3) is 2.15. The minimum absolute atomic E-state index is 0.0413. The number of halogens is 1. The maximum atomic E-state index is 5.97. The Morgan fingerprint density at radius 1 is 1.36 bits per heavy atom. The van der Waals surface area contributed by atoms with Crippen LogP contribution in [0.25, 0.3) is 0 Å². The van der Waals surface area contributed by atoms with Crippen LogP contribution in [0.2, 0.25) is 5.15 Å². The lowest BCUT2D eigenvalue weighted by molar-refractivity contribution is 0.467. The second-order valence-corrected chi connectivity index (χ2v) is 4.25. The highest BCUT2D eigenvalue weighted by molar-refractivity contribution is 6.31. The minimum atomic E-state index is 0.0413. The Kier molecular flexibility index (Phi) is 3.32. The van der Waals surface area contributed by atoms with Gasteiger partial charge in [-0.05, 0) is 20.3 Å². The molecule has 1 rings (SSSR count). The van der Waals surface area contributed by atoms with Crippen molar-refractivity contribution >= 4 is 17.4 Å². The molecule has 0 aliphatic carbocycles. The van der Waals surface area contributed by atoms with Crippen LogP contribution in [-0.2, 0) is 0 Å². The van der Waals surface area contributed by atoms with Crippen molar-refractivity contribution < 1.29 is 0 Å². The van der Waals surface area contributed by atoms with E-state index >= 15 is 0 Å². The summed E-state index contributed by atoms with van der Waals surface area (Å²) in [4.78, 5) is 10.3. The van der Waals surface area contributed by atoms with Gasteiger partial charge in [-0.25, -0.2) is 9.97 Å². The van der Waals surface area contributed by atoms with Crippen molar-refractivity contribution in [3.8, 4) is 0 Å². The first kappa shape index (κ1) is 11.2. The van der Waals surface area contributed by atoms with Crippen LogP contribution in [0.5, 0.6) is 0 Å². The van der Waals surface area contributed by atoms with Crippen LogP contribution in [0.15, 0.2) is 12.4 Å². The van der Waals surface area contributed by atoms with Gasteiger partial charge in [0.05, 0.1) is 0 Å². The Bertz CT molecular complexity index is 312. The SMILES string of the molecule is CCC(C)(C)N(C)c1nccnc1Cl. The van der Waals surface area contributed by atoms with Crippen molar-refractivity contribution in [2.24, 2.45) is 0 Å². The van der Waals surface area contributed by atoms with Crippen molar-refractivity contribution in [2.45, 2.75) is 32.7 Å². The number of anilines is 1. The predicted molar refractivity (Wildman–Crippen MR) is 59.8 cm³/mol. The van der Waals surface area contributed by atoms with Crippen LogP contribution < -0.4 is 4.90 Å². The van der Waals surface area contributed by atoms with Crippen molar-refractivity contribution in [3.63, 3.8) is 0 Å². The highest BCUT2D eigenvalue weighted by atomic mass is 35.5. The molecule has 4 heteroatoms. The minimum Gasteiger partial charge on any atom is -0.352 e. The average Bonchev–Trinajstić information content (AvgIpc) is 2.17. The fourth-order valence-electron chi connectivity index (χ4n) is 1.06. The molecule has 1 aromatic rings. The first-order valence-electron chi connectivity index (χ1n) is 4.69. The zero-order valence-corrected chi connectivity index (χ0v) is 9.84. The molecule has 0 unspecified atom stereocenters. The molecule has 0 atom stereocenters. The van der Waals surface area contributed by atoms with E-state index in [1.54, 1.807) is 12.4 Å². The van der Waals surface area contributed by atoms with Crippen molar-refractivity contribution in [2.75, 3.05) is 11.9 Å². The molecule has 1 aromatic heterocycles. The number of nitrogens with zero attached hydrogens (tertiary/aromatic N) is 3. The number of aromatic nitrogens is 2. The zero-order valence-electron chi connectivity index (χ0n) is 9.08. The summed E-state index contributed by atoms with van der Waals surface area (Å²) in [5.41, 5.74) is 0.0413. The van der Waals surface area contributed by atoms with E-state index in [1.807, 2.05) is 7.05 Å². The normalized spacial score (nSPS) is 11.5. The molecule has 0 fully saturated rings. The summed E-state index contributed by atoms with van der Waals surface area (Å²) in [6.45, 7) is 6.44. The molecule has 0 amide bonds. The zero-order chi connectivity index (χ0) is 10.8. The van der Waals surface area contributed by atoms with Crippen LogP contribution in [0.4, 0.5) is 5.82 Å². The predicted octanol–water partition coefficient (Wildman–Crippen LogP) is 2.75. The van der Waals surface area contributed by atoms with Gasteiger partial charge >= 0.3 is 0 Å². The van der Waals surface area contributed by atoms with Crippen molar-refractivity contribution in [1.82, 2.24) is 9.97 Å². The molecule has 0 radical (unpaired) electrons. The van der Waals surface area contributed by atoms with E-state index in [-0.39, 0.29) is 5.54 Å². The van der Waals surface area contributed by atoms with Gasteiger partial charge in [-0.3, -0.25) is 0 Å². The summed E-state index contributed by atoms with van der Waals surface area (Å²) in [5, 5.41) is 0.455. The van der Waals surface area contributed by atoms with E-state index < -0.39 is 0 Å². The first-order valence-corrected chi connectivity index (χ1v) is 5.07. The molecule has 78 valence electrons. The summed E-state index contributed by atoms with van der Waals surface area (Å²) in [6.07, 6.45) is 4.28. The molecule has 14 heavy (non-hydrogen) atoms. The van der Waals surface area contributed by atoms with Crippen LogP contribution in [0.3, 0.4) is 0 Å². The summed E-state index contributed by atoms with van der Waals surface area (Å²) < 4.78 is 0. The van der Waals surface area contributed by atoms with Crippen LogP contribution in [0.1, 0.15) is 27.2 Å². The second kappa shape index (κ2) is 4.13. The lowest BCUT2D eigenvalue weighted by Crippen LogP contribution is -2.41. The van der Waals surface area contributed by atoms with E-state index in [0.29, 0.717) is 5.15 Å². The van der Waals surface area contributed by atoms with Crippen molar-refractivity contribution in [3.05, 3.63) is 17.5 Å². The molecule has 0 aliphatic rings. The van der Waals surface area contributed by atoms with Crippen LogP contribution in [-0.4, -0.2) is 22.6 Å². The van der Waals surface area contributed by atoms with Gasteiger partial charge in [0.1, 0.15) is 0 Å². The van der Waals surface area contributed by atoms with Crippen LogP contribution >= 0.6 is 11.6 Å². The summed E-state index contributed by atoms with van der Waals surface area (Å²) in [7, 11) is 1.99. The molecule has 3 nitrogen and oxygen atoms in total. The van der Waals surface area contributed by atoms with E-state index in [4.69, 9.17) is 11.6 Å². The molecule has 1 heterocycles. The first-order chi connectivity index (χ1) is 6.49. The largest absolute Gasteiger partial charge is 0.352 e. The average molecular weight is 214 g/mol. The van der Waals surface area contributed by atoms with Gasteiger partial charge in [-0.15, -0.1) is 0 Å². The maximum absolute atomic E-state index is 5.97. The Hall–Kier alpha value is -0.830. The van der Waals surface area contributed by atoms with E-state index in [2.05, 4.69) is 35.6 Å². The fraction of sp³-hybridized carbons (Fsp3) is 0.600. The van der Waals surface area contributed by atoms with Gasteiger partial charge in [0.15, 0.2) is 11.0 Å². The lowest BCUT2D eigenvalue weighted by atomic mass is 10.0. The number of rotatable bonds is 3. The monoisotopic (exact) mass is 213 g/mol. The standard InChI is InChI=1S/C10H16ClN3/c1-5-10(2,3)14(4)9-8(11)12-6-7-13-9/h6-7H,5H2,1-4H3. The Morgan fingerprint density at radius 2 is 1.93 bits per heavy atom. The summed E-state index contributed by atoms with van der Waals surface area (Å²) in [6, 6.07) is 0. The molecule has 0 N–H and O–H groups in total. The maximum Gasteiger partial charge on any atom is 0.171 e. The Labute approximate surface area is 90.1 Å². The Morgan fingerprint density at radius 3 is 2.43 bits per heavy atom. The molecule has 0 aliphatic heterocycles. The highest BCUT2D eigenvalue weighted by Crippen LogP contribution is 2.27.